The molecular weight excluding hydrogens is 236 g/mol. The SMILES string of the molecule is CSCCCCCNc1ccncc1C(=O)O. The molecule has 0 atom stereocenters. The molecule has 0 radical (unpaired) electrons. The van der Waals surface area contributed by atoms with Crippen molar-refractivity contribution < 1.29 is 9.90 Å². The number of thioether (sulfide) groups is 1. The maximum Gasteiger partial charge on any atom is 0.339 e. The molecule has 0 saturated carbocycles. The lowest BCUT2D eigenvalue weighted by Crippen LogP contribution is -2.08. The molecule has 0 aromatic carbocycles. The first-order valence-electron chi connectivity index (χ1n) is 5.66. The molecule has 0 unspecified atom stereocenters. The van der Waals surface area contributed by atoms with Gasteiger partial charge in [0.2, 0.25) is 0 Å². The van der Waals surface area contributed by atoms with Gasteiger partial charge in [-0.2, -0.15) is 11.8 Å². The van der Waals surface area contributed by atoms with Gasteiger partial charge in [-0.25, -0.2) is 4.79 Å². The molecule has 1 heterocycles. The van der Waals surface area contributed by atoms with Gasteiger partial charge < -0.3 is 10.4 Å². The molecule has 0 aliphatic rings. The number of pyridine rings is 1. The number of nitrogens with zero attached hydrogens (tertiary/aromatic N) is 1. The predicted molar refractivity (Wildman–Crippen MR) is 71.9 cm³/mol. The van der Waals surface area contributed by atoms with Gasteiger partial charge in [0.15, 0.2) is 0 Å². The highest BCUT2D eigenvalue weighted by Crippen LogP contribution is 2.13. The first-order valence-corrected chi connectivity index (χ1v) is 7.05. The first-order chi connectivity index (χ1) is 8.25. The van der Waals surface area contributed by atoms with E-state index in [-0.39, 0.29) is 5.56 Å². The van der Waals surface area contributed by atoms with E-state index in [4.69, 9.17) is 5.11 Å². The average molecular weight is 254 g/mol. The number of carbonyl (C=O) groups is 1. The zero-order valence-corrected chi connectivity index (χ0v) is 10.8. The van der Waals surface area contributed by atoms with Gasteiger partial charge in [0, 0.05) is 18.9 Å². The third-order valence-electron chi connectivity index (χ3n) is 2.39. The van der Waals surface area contributed by atoms with Crippen LogP contribution in [0.25, 0.3) is 0 Å². The molecular formula is C12H18N2O2S. The Morgan fingerprint density at radius 1 is 1.47 bits per heavy atom. The van der Waals surface area contributed by atoms with Crippen LogP contribution in [0.15, 0.2) is 18.5 Å². The quantitative estimate of drug-likeness (QED) is 0.698. The topological polar surface area (TPSA) is 62.2 Å². The Bertz CT molecular complexity index is 358. The van der Waals surface area contributed by atoms with Gasteiger partial charge in [-0.05, 0) is 30.9 Å². The second-order valence-electron chi connectivity index (χ2n) is 3.71. The van der Waals surface area contributed by atoms with Gasteiger partial charge in [0.25, 0.3) is 0 Å². The van der Waals surface area contributed by atoms with Crippen LogP contribution in [0.5, 0.6) is 0 Å². The molecule has 0 aliphatic carbocycles. The van der Waals surface area contributed by atoms with E-state index < -0.39 is 5.97 Å². The molecule has 17 heavy (non-hydrogen) atoms. The number of hydrogen-bond acceptors (Lipinski definition) is 4. The number of nitrogens with one attached hydrogen (secondary N) is 1. The van der Waals surface area contributed by atoms with Crippen LogP contribution in [0.2, 0.25) is 0 Å². The van der Waals surface area contributed by atoms with E-state index in [0.29, 0.717) is 5.69 Å². The number of hydrogen-bond donors (Lipinski definition) is 2. The van der Waals surface area contributed by atoms with Crippen molar-refractivity contribution in [3.8, 4) is 0 Å². The second kappa shape index (κ2) is 7.95. The van der Waals surface area contributed by atoms with Crippen LogP contribution in [0.3, 0.4) is 0 Å². The minimum absolute atomic E-state index is 0.233. The van der Waals surface area contributed by atoms with Gasteiger partial charge in [-0.15, -0.1) is 0 Å². The highest BCUT2D eigenvalue weighted by molar-refractivity contribution is 7.98. The highest BCUT2D eigenvalue weighted by Gasteiger charge is 2.08. The van der Waals surface area contributed by atoms with Crippen molar-refractivity contribution in [1.82, 2.24) is 4.98 Å². The number of rotatable bonds is 8. The smallest absolute Gasteiger partial charge is 0.339 e. The van der Waals surface area contributed by atoms with E-state index in [0.717, 1.165) is 13.0 Å². The Kier molecular flexibility index (Phi) is 6.47. The molecule has 94 valence electrons. The molecule has 1 aromatic rings. The van der Waals surface area contributed by atoms with Gasteiger partial charge >= 0.3 is 5.97 Å². The van der Waals surface area contributed by atoms with E-state index in [1.807, 2.05) is 11.8 Å². The van der Waals surface area contributed by atoms with Crippen LogP contribution in [-0.4, -0.2) is 34.6 Å². The molecule has 0 spiro atoms. The van der Waals surface area contributed by atoms with E-state index >= 15 is 0 Å². The Balaban J connectivity index is 2.34. The van der Waals surface area contributed by atoms with Crippen LogP contribution in [0, 0.1) is 0 Å². The van der Waals surface area contributed by atoms with Crippen LogP contribution in [0.1, 0.15) is 29.6 Å². The summed E-state index contributed by atoms with van der Waals surface area (Å²) in [4.78, 5) is 14.7. The van der Waals surface area contributed by atoms with Crippen LogP contribution in [-0.2, 0) is 0 Å². The maximum absolute atomic E-state index is 10.9. The third-order valence-corrected chi connectivity index (χ3v) is 3.09. The summed E-state index contributed by atoms with van der Waals surface area (Å²) >= 11 is 1.86. The molecule has 1 aromatic heterocycles. The molecule has 1 rings (SSSR count). The summed E-state index contributed by atoms with van der Waals surface area (Å²) in [5.74, 6) is 0.248. The number of unbranched alkanes of at least 4 members (excludes halogenated alkanes) is 2. The van der Waals surface area contributed by atoms with Gasteiger partial charge in [-0.1, -0.05) is 6.42 Å². The summed E-state index contributed by atoms with van der Waals surface area (Å²) in [6.45, 7) is 0.804. The molecule has 2 N–H and O–H groups in total. The summed E-state index contributed by atoms with van der Waals surface area (Å²) in [6, 6.07) is 1.70. The summed E-state index contributed by atoms with van der Waals surface area (Å²) in [5, 5.41) is 12.1. The number of carboxylic acid groups (broad SMARTS) is 1. The molecule has 0 fully saturated rings. The molecule has 5 heteroatoms. The summed E-state index contributed by atoms with van der Waals surface area (Å²) in [7, 11) is 0. The van der Waals surface area contributed by atoms with Crippen molar-refractivity contribution in [3.05, 3.63) is 24.0 Å². The fourth-order valence-corrected chi connectivity index (χ4v) is 1.98. The number of aromatic carboxylic acids is 1. The summed E-state index contributed by atoms with van der Waals surface area (Å²) in [6.07, 6.45) is 8.52. The Morgan fingerprint density at radius 3 is 3.00 bits per heavy atom. The largest absolute Gasteiger partial charge is 0.478 e. The zero-order chi connectivity index (χ0) is 12.5. The van der Waals surface area contributed by atoms with E-state index in [1.165, 1.54) is 24.8 Å². The lowest BCUT2D eigenvalue weighted by Gasteiger charge is -2.08. The van der Waals surface area contributed by atoms with Crippen molar-refractivity contribution in [2.75, 3.05) is 23.9 Å². The summed E-state index contributed by atoms with van der Waals surface area (Å²) in [5.41, 5.74) is 0.883. The van der Waals surface area contributed by atoms with Gasteiger partial charge in [-0.3, -0.25) is 4.98 Å². The lowest BCUT2D eigenvalue weighted by molar-refractivity contribution is 0.0697. The standard InChI is InChI=1S/C12H18N2O2S/c1-17-8-4-2-3-6-14-11-5-7-13-9-10(11)12(15)16/h5,7,9H,2-4,6,8H2,1H3,(H,13,14)(H,15,16). The minimum atomic E-state index is -0.942. The van der Waals surface area contributed by atoms with Crippen molar-refractivity contribution >= 4 is 23.4 Å². The normalized spacial score (nSPS) is 10.2. The van der Waals surface area contributed by atoms with Crippen molar-refractivity contribution in [2.24, 2.45) is 0 Å². The Hall–Kier alpha value is -1.23. The molecule has 0 saturated heterocycles. The second-order valence-corrected chi connectivity index (χ2v) is 4.69. The molecule has 0 amide bonds. The molecule has 0 aliphatic heterocycles. The van der Waals surface area contributed by atoms with Crippen LogP contribution >= 0.6 is 11.8 Å². The fraction of sp³-hybridized carbons (Fsp3) is 0.500. The minimum Gasteiger partial charge on any atom is -0.478 e. The molecule has 4 nitrogen and oxygen atoms in total. The van der Waals surface area contributed by atoms with Crippen LogP contribution in [0.4, 0.5) is 5.69 Å². The fourth-order valence-electron chi connectivity index (χ4n) is 1.49. The number of anilines is 1. The van der Waals surface area contributed by atoms with Crippen molar-refractivity contribution in [2.45, 2.75) is 19.3 Å². The van der Waals surface area contributed by atoms with E-state index in [1.54, 1.807) is 12.3 Å². The Morgan fingerprint density at radius 2 is 2.29 bits per heavy atom. The Labute approximate surface area is 106 Å². The highest BCUT2D eigenvalue weighted by atomic mass is 32.2. The number of aromatic nitrogens is 1. The zero-order valence-electron chi connectivity index (χ0n) is 9.98. The number of carboxylic acids is 1. The predicted octanol–water partition coefficient (Wildman–Crippen LogP) is 2.73. The maximum atomic E-state index is 10.9. The van der Waals surface area contributed by atoms with Crippen molar-refractivity contribution in [1.29, 1.82) is 0 Å². The van der Waals surface area contributed by atoms with E-state index in [2.05, 4.69) is 16.6 Å². The third kappa shape index (κ3) is 5.08. The van der Waals surface area contributed by atoms with E-state index in [9.17, 15) is 4.79 Å². The lowest BCUT2D eigenvalue weighted by atomic mass is 10.2. The van der Waals surface area contributed by atoms with Gasteiger partial charge in [0.1, 0.15) is 5.56 Å². The summed E-state index contributed by atoms with van der Waals surface area (Å²) < 4.78 is 0. The van der Waals surface area contributed by atoms with Gasteiger partial charge in [0.05, 0.1) is 5.69 Å². The monoisotopic (exact) mass is 254 g/mol. The van der Waals surface area contributed by atoms with Crippen LogP contribution < -0.4 is 5.32 Å². The first kappa shape index (κ1) is 13.8. The molecule has 0 bridgehead atoms. The average Bonchev–Trinajstić information content (AvgIpc) is 2.34. The van der Waals surface area contributed by atoms with Crippen molar-refractivity contribution in [3.63, 3.8) is 0 Å².